The average Bonchev–Trinajstić information content (AvgIpc) is 2.59. The van der Waals surface area contributed by atoms with Crippen LogP contribution in [0.5, 0.6) is 0 Å². The summed E-state index contributed by atoms with van der Waals surface area (Å²) in [7, 11) is 0. The summed E-state index contributed by atoms with van der Waals surface area (Å²) < 4.78 is 4.89. The molecule has 1 saturated heterocycles. The number of hydrogen-bond acceptors (Lipinski definition) is 5. The van der Waals surface area contributed by atoms with E-state index in [9.17, 15) is 24.3 Å². The van der Waals surface area contributed by atoms with Gasteiger partial charge >= 0.3 is 23.9 Å². The van der Waals surface area contributed by atoms with Crippen molar-refractivity contribution >= 4 is 23.9 Å². The number of benzene rings is 1. The molecule has 7 nitrogen and oxygen atoms in total. The number of rotatable bonds is 3. The van der Waals surface area contributed by atoms with Crippen molar-refractivity contribution in [3.8, 4) is 0 Å². The summed E-state index contributed by atoms with van der Waals surface area (Å²) in [5.74, 6) is -4.84. The van der Waals surface area contributed by atoms with E-state index in [0.29, 0.717) is 18.4 Å². The highest BCUT2D eigenvalue weighted by Gasteiger charge is 2.27. The monoisotopic (exact) mass is 348 g/mol. The fourth-order valence-electron chi connectivity index (χ4n) is 2.95. The minimum atomic E-state index is -1.39. The lowest BCUT2D eigenvalue weighted by molar-refractivity contribution is -0.160. The van der Waals surface area contributed by atoms with Crippen LogP contribution in [0.2, 0.25) is 0 Å². The number of aromatic carboxylic acids is 2. The first-order valence-electron chi connectivity index (χ1n) is 8.25. The van der Waals surface area contributed by atoms with Gasteiger partial charge in [0.2, 0.25) is 0 Å². The maximum atomic E-state index is 12.3. The van der Waals surface area contributed by atoms with Gasteiger partial charge in [0.05, 0.1) is 17.0 Å². The topological polar surface area (TPSA) is 118 Å². The van der Waals surface area contributed by atoms with E-state index in [4.69, 9.17) is 9.84 Å². The minimum absolute atomic E-state index is 0.177. The molecule has 2 N–H and O–H groups in total. The number of carbonyl (C=O) groups excluding carboxylic acids is 2. The van der Waals surface area contributed by atoms with Crippen molar-refractivity contribution in [1.29, 1.82) is 0 Å². The number of hydrogen-bond donors (Lipinski definition) is 2. The number of carbonyl (C=O) groups is 4. The molecule has 1 atom stereocenters. The van der Waals surface area contributed by atoms with Crippen molar-refractivity contribution in [1.82, 2.24) is 0 Å². The molecule has 0 aromatic heterocycles. The van der Waals surface area contributed by atoms with Gasteiger partial charge in [0.1, 0.15) is 0 Å². The first kappa shape index (κ1) is 18.6. The highest BCUT2D eigenvalue weighted by molar-refractivity contribution is 6.02. The van der Waals surface area contributed by atoms with Crippen LogP contribution in [0.15, 0.2) is 18.2 Å². The van der Waals surface area contributed by atoms with Gasteiger partial charge in [-0.05, 0) is 30.5 Å². The predicted molar refractivity (Wildman–Crippen MR) is 86.5 cm³/mol. The van der Waals surface area contributed by atoms with E-state index in [-0.39, 0.29) is 12.0 Å². The summed E-state index contributed by atoms with van der Waals surface area (Å²) in [5.41, 5.74) is -0.393. The van der Waals surface area contributed by atoms with Crippen LogP contribution in [-0.4, -0.2) is 34.1 Å². The number of carboxylic acid groups (broad SMARTS) is 2. The zero-order valence-electron chi connectivity index (χ0n) is 13.7. The van der Waals surface area contributed by atoms with Crippen LogP contribution in [0.3, 0.4) is 0 Å². The molecule has 1 unspecified atom stereocenters. The molecule has 134 valence electrons. The largest absolute Gasteiger partial charge is 0.478 e. The average molecular weight is 348 g/mol. The fraction of sp³-hybridized carbons (Fsp3) is 0.444. The minimum Gasteiger partial charge on any atom is -0.478 e. The van der Waals surface area contributed by atoms with Crippen LogP contribution < -0.4 is 0 Å². The molecule has 1 heterocycles. The Labute approximate surface area is 144 Å². The maximum Gasteiger partial charge on any atom is 0.336 e. The van der Waals surface area contributed by atoms with Gasteiger partial charge in [0, 0.05) is 6.42 Å². The Balaban J connectivity index is 2.35. The lowest BCUT2D eigenvalue weighted by Crippen LogP contribution is -2.20. The highest BCUT2D eigenvalue weighted by Crippen LogP contribution is 2.28. The Morgan fingerprint density at radius 2 is 1.56 bits per heavy atom. The molecule has 25 heavy (non-hydrogen) atoms. The zero-order valence-corrected chi connectivity index (χ0v) is 13.7. The molecule has 0 radical (unpaired) electrons. The molecule has 0 amide bonds. The van der Waals surface area contributed by atoms with E-state index < -0.39 is 35.4 Å². The Morgan fingerprint density at radius 3 is 2.24 bits per heavy atom. The van der Waals surface area contributed by atoms with Crippen LogP contribution in [0.4, 0.5) is 0 Å². The van der Waals surface area contributed by atoms with Gasteiger partial charge in [-0.15, -0.1) is 0 Å². The van der Waals surface area contributed by atoms with Gasteiger partial charge in [-0.1, -0.05) is 31.7 Å². The lowest BCUT2D eigenvalue weighted by Gasteiger charge is -2.16. The summed E-state index contributed by atoms with van der Waals surface area (Å²) >= 11 is 0. The van der Waals surface area contributed by atoms with Crippen molar-refractivity contribution in [3.63, 3.8) is 0 Å². The quantitative estimate of drug-likeness (QED) is 0.637. The molecule has 7 heteroatoms. The van der Waals surface area contributed by atoms with Gasteiger partial charge in [-0.25, -0.2) is 9.59 Å². The van der Waals surface area contributed by atoms with Crippen LogP contribution in [0.25, 0.3) is 0 Å². The molecular weight excluding hydrogens is 328 g/mol. The Bertz CT molecular complexity index is 693. The van der Waals surface area contributed by atoms with E-state index in [0.717, 1.165) is 25.7 Å². The molecular formula is C18H20O7. The van der Waals surface area contributed by atoms with E-state index in [1.54, 1.807) is 0 Å². The van der Waals surface area contributed by atoms with Crippen molar-refractivity contribution in [2.24, 2.45) is 0 Å². The van der Waals surface area contributed by atoms with Crippen LogP contribution in [0, 0.1) is 0 Å². The normalized spacial score (nSPS) is 19.6. The van der Waals surface area contributed by atoms with Crippen molar-refractivity contribution < 1.29 is 34.1 Å². The Hall–Kier alpha value is -2.70. The number of esters is 2. The molecule has 1 fully saturated rings. The zero-order chi connectivity index (χ0) is 18.4. The standard InChI is InChI=1S/C18H20O7/c19-15-7-5-3-1-2-4-6-12(18(24)25-15)11-8-9-13(16(20)21)14(10-11)17(22)23/h8-10,12H,1-7H2,(H,20,21)(H,22,23). The molecule has 2 rings (SSSR count). The van der Waals surface area contributed by atoms with Crippen LogP contribution in [-0.2, 0) is 14.3 Å². The first-order valence-corrected chi connectivity index (χ1v) is 8.25. The van der Waals surface area contributed by atoms with Crippen molar-refractivity contribution in [2.75, 3.05) is 0 Å². The van der Waals surface area contributed by atoms with E-state index in [1.807, 2.05) is 0 Å². The summed E-state index contributed by atoms with van der Waals surface area (Å²) in [5, 5.41) is 18.3. The molecule has 0 bridgehead atoms. The first-order chi connectivity index (χ1) is 11.9. The molecule has 0 spiro atoms. The van der Waals surface area contributed by atoms with Gasteiger partial charge in [0.25, 0.3) is 0 Å². The van der Waals surface area contributed by atoms with Gasteiger partial charge in [-0.2, -0.15) is 0 Å². The lowest BCUT2D eigenvalue weighted by atomic mass is 9.90. The third-order valence-electron chi connectivity index (χ3n) is 4.28. The molecule has 0 saturated carbocycles. The van der Waals surface area contributed by atoms with E-state index in [2.05, 4.69) is 0 Å². The molecule has 1 aromatic carbocycles. The van der Waals surface area contributed by atoms with Crippen LogP contribution in [0.1, 0.15) is 77.1 Å². The third kappa shape index (κ3) is 4.89. The summed E-state index contributed by atoms with van der Waals surface area (Å²) in [6, 6.07) is 3.76. The fourth-order valence-corrected chi connectivity index (χ4v) is 2.95. The van der Waals surface area contributed by atoms with Crippen molar-refractivity contribution in [3.05, 3.63) is 34.9 Å². The smallest absolute Gasteiger partial charge is 0.336 e. The van der Waals surface area contributed by atoms with E-state index in [1.165, 1.54) is 18.2 Å². The molecule has 0 aliphatic carbocycles. The predicted octanol–water partition coefficient (Wildman–Crippen LogP) is 2.98. The second-order valence-corrected chi connectivity index (χ2v) is 6.07. The maximum absolute atomic E-state index is 12.3. The van der Waals surface area contributed by atoms with Crippen molar-refractivity contribution in [2.45, 2.75) is 50.9 Å². The number of cyclic esters (lactones) is 2. The Kier molecular flexibility index (Phi) is 6.27. The summed E-state index contributed by atoms with van der Waals surface area (Å²) in [6.07, 6.45) is 4.74. The third-order valence-corrected chi connectivity index (χ3v) is 4.28. The summed E-state index contributed by atoms with van der Waals surface area (Å²) in [6.45, 7) is 0. The second-order valence-electron chi connectivity index (χ2n) is 6.07. The summed E-state index contributed by atoms with van der Waals surface area (Å²) in [4.78, 5) is 46.5. The molecule has 1 aromatic rings. The Morgan fingerprint density at radius 1 is 0.920 bits per heavy atom. The highest BCUT2D eigenvalue weighted by atomic mass is 16.6. The molecule has 1 aliphatic rings. The molecule has 1 aliphatic heterocycles. The van der Waals surface area contributed by atoms with Crippen LogP contribution >= 0.6 is 0 Å². The number of ether oxygens (including phenoxy) is 1. The van der Waals surface area contributed by atoms with Gasteiger partial charge < -0.3 is 14.9 Å². The second kappa shape index (κ2) is 8.41. The van der Waals surface area contributed by atoms with E-state index >= 15 is 0 Å². The van der Waals surface area contributed by atoms with Gasteiger partial charge in [0.15, 0.2) is 0 Å². The SMILES string of the molecule is O=C1CCCCCCCC(c2ccc(C(=O)O)c(C(=O)O)c2)C(=O)O1. The van der Waals surface area contributed by atoms with Gasteiger partial charge in [-0.3, -0.25) is 9.59 Å². The number of carboxylic acids is 2.